The molecular formula is C69H134O17P2. The number of hydrogen-bond acceptors (Lipinski definition) is 15. The maximum absolute atomic E-state index is 13.0. The molecule has 0 aromatic carbocycles. The van der Waals surface area contributed by atoms with Gasteiger partial charge in [-0.15, -0.1) is 0 Å². The lowest BCUT2D eigenvalue weighted by molar-refractivity contribution is -0.161. The van der Waals surface area contributed by atoms with Gasteiger partial charge in [0.15, 0.2) is 12.2 Å². The Hall–Kier alpha value is -1.94. The predicted octanol–water partition coefficient (Wildman–Crippen LogP) is 19.5. The number of hydrogen-bond donors (Lipinski definition) is 3. The normalized spacial score (nSPS) is 14.5. The molecule has 522 valence electrons. The molecule has 0 saturated carbocycles. The summed E-state index contributed by atoms with van der Waals surface area (Å²) in [6.45, 7) is 11.8. The average Bonchev–Trinajstić information content (AvgIpc) is 3.52. The summed E-state index contributed by atoms with van der Waals surface area (Å²) in [6.07, 6.45) is 43.0. The number of esters is 4. The summed E-state index contributed by atoms with van der Waals surface area (Å²) >= 11 is 0. The molecule has 0 saturated heterocycles. The van der Waals surface area contributed by atoms with E-state index in [1.807, 2.05) is 0 Å². The van der Waals surface area contributed by atoms with Crippen LogP contribution in [-0.2, 0) is 65.4 Å². The van der Waals surface area contributed by atoms with Crippen LogP contribution >= 0.6 is 15.6 Å². The molecule has 3 N–H and O–H groups in total. The topological polar surface area (TPSA) is 237 Å². The number of phosphoric ester groups is 2. The van der Waals surface area contributed by atoms with Gasteiger partial charge in [-0.05, 0) is 43.4 Å². The number of carbonyl (C=O) groups is 4. The Morgan fingerprint density at radius 1 is 0.330 bits per heavy atom. The van der Waals surface area contributed by atoms with Crippen LogP contribution in [0.4, 0.5) is 0 Å². The first-order chi connectivity index (χ1) is 42.3. The first-order valence-electron chi connectivity index (χ1n) is 35.9. The van der Waals surface area contributed by atoms with Crippen molar-refractivity contribution in [2.24, 2.45) is 17.8 Å². The summed E-state index contributed by atoms with van der Waals surface area (Å²) in [5, 5.41) is 10.6. The van der Waals surface area contributed by atoms with E-state index in [9.17, 15) is 43.2 Å². The molecule has 0 amide bonds. The summed E-state index contributed by atoms with van der Waals surface area (Å²) in [4.78, 5) is 72.5. The highest BCUT2D eigenvalue weighted by Crippen LogP contribution is 2.45. The standard InChI is InChI=1S/C69H134O17P2/c1-8-10-11-12-13-14-15-16-24-29-38-45-52-68(73)86-65(57-80-67(72)51-44-37-32-31-34-41-48-61(5)6)59-84-88(77,78)82-55-63(70)54-81-87(75,76)83-58-64(56-79-66(71)50-43-36-28-23-19-17-21-26-33-40-47-60(3)4)85-69(74)53-46-39-30-25-20-18-22-27-35-42-49-62(7)9-2/h60-65,70H,8-59H2,1-7H3,(H,75,76)(H,77,78)/t62?,63-,64-,65-/m1/s1. The van der Waals surface area contributed by atoms with Crippen LogP contribution in [0.1, 0.15) is 344 Å². The van der Waals surface area contributed by atoms with E-state index in [0.29, 0.717) is 31.6 Å². The number of aliphatic hydroxyl groups is 1. The van der Waals surface area contributed by atoms with E-state index < -0.39 is 97.5 Å². The molecule has 0 bridgehead atoms. The molecule has 0 heterocycles. The molecule has 0 fully saturated rings. The van der Waals surface area contributed by atoms with Gasteiger partial charge in [-0.2, -0.15) is 0 Å². The van der Waals surface area contributed by atoms with Crippen LogP contribution in [0.2, 0.25) is 0 Å². The fraction of sp³-hybridized carbons (Fsp3) is 0.942. The van der Waals surface area contributed by atoms with Crippen LogP contribution in [-0.4, -0.2) is 96.7 Å². The molecule has 0 spiro atoms. The fourth-order valence-corrected chi connectivity index (χ4v) is 11.9. The minimum atomic E-state index is -4.95. The van der Waals surface area contributed by atoms with E-state index in [0.717, 1.165) is 108 Å². The molecule has 3 unspecified atom stereocenters. The molecular weight excluding hydrogens is 1160 g/mol. The molecule has 0 aromatic rings. The largest absolute Gasteiger partial charge is 0.472 e. The van der Waals surface area contributed by atoms with Crippen molar-refractivity contribution in [1.29, 1.82) is 0 Å². The summed E-state index contributed by atoms with van der Waals surface area (Å²) in [5.41, 5.74) is 0. The molecule has 0 aliphatic carbocycles. The second-order valence-corrected chi connectivity index (χ2v) is 29.0. The van der Waals surface area contributed by atoms with Gasteiger partial charge in [0.1, 0.15) is 19.3 Å². The Bertz CT molecular complexity index is 1730. The average molecular weight is 1300 g/mol. The molecule has 0 radical (unpaired) electrons. The highest BCUT2D eigenvalue weighted by atomic mass is 31.2. The molecule has 6 atom stereocenters. The number of aliphatic hydroxyl groups excluding tert-OH is 1. The predicted molar refractivity (Wildman–Crippen MR) is 354 cm³/mol. The van der Waals surface area contributed by atoms with Crippen molar-refractivity contribution in [1.82, 2.24) is 0 Å². The van der Waals surface area contributed by atoms with E-state index in [-0.39, 0.29) is 25.7 Å². The Kier molecular flexibility index (Phi) is 58.7. The first kappa shape index (κ1) is 86.1. The van der Waals surface area contributed by atoms with Crippen LogP contribution in [0.5, 0.6) is 0 Å². The van der Waals surface area contributed by atoms with Crippen molar-refractivity contribution < 1.29 is 80.2 Å². The Morgan fingerprint density at radius 3 is 0.864 bits per heavy atom. The van der Waals surface area contributed by atoms with Crippen molar-refractivity contribution in [2.45, 2.75) is 362 Å². The van der Waals surface area contributed by atoms with Crippen molar-refractivity contribution in [3.05, 3.63) is 0 Å². The van der Waals surface area contributed by atoms with Crippen LogP contribution in [0.15, 0.2) is 0 Å². The summed E-state index contributed by atoms with van der Waals surface area (Å²) < 4.78 is 68.2. The zero-order chi connectivity index (χ0) is 65.2. The number of phosphoric acid groups is 2. The highest BCUT2D eigenvalue weighted by Gasteiger charge is 2.30. The smallest absolute Gasteiger partial charge is 0.462 e. The summed E-state index contributed by atoms with van der Waals surface area (Å²) in [6, 6.07) is 0. The van der Waals surface area contributed by atoms with Gasteiger partial charge < -0.3 is 33.8 Å². The number of unbranched alkanes of at least 4 members (excludes halogenated alkanes) is 34. The lowest BCUT2D eigenvalue weighted by atomic mass is 9.99. The van der Waals surface area contributed by atoms with Gasteiger partial charge in [-0.25, -0.2) is 9.13 Å². The number of carbonyl (C=O) groups excluding carboxylic acids is 4. The van der Waals surface area contributed by atoms with Crippen LogP contribution in [0, 0.1) is 17.8 Å². The van der Waals surface area contributed by atoms with Crippen LogP contribution < -0.4 is 0 Å². The molecule has 0 rings (SSSR count). The van der Waals surface area contributed by atoms with Gasteiger partial charge in [-0.3, -0.25) is 37.3 Å². The monoisotopic (exact) mass is 1300 g/mol. The van der Waals surface area contributed by atoms with Gasteiger partial charge in [0.2, 0.25) is 0 Å². The lowest BCUT2D eigenvalue weighted by Crippen LogP contribution is -2.30. The molecule has 17 nitrogen and oxygen atoms in total. The van der Waals surface area contributed by atoms with Gasteiger partial charge in [0, 0.05) is 25.7 Å². The molecule has 0 aliphatic rings. The van der Waals surface area contributed by atoms with E-state index in [1.165, 1.54) is 148 Å². The van der Waals surface area contributed by atoms with E-state index in [1.54, 1.807) is 0 Å². The highest BCUT2D eigenvalue weighted by molar-refractivity contribution is 7.47. The third-order valence-electron chi connectivity index (χ3n) is 16.2. The zero-order valence-electron chi connectivity index (χ0n) is 57.2. The second-order valence-electron chi connectivity index (χ2n) is 26.1. The van der Waals surface area contributed by atoms with Crippen LogP contribution in [0.3, 0.4) is 0 Å². The lowest BCUT2D eigenvalue weighted by Gasteiger charge is -2.21. The van der Waals surface area contributed by atoms with Crippen molar-refractivity contribution in [3.8, 4) is 0 Å². The zero-order valence-corrected chi connectivity index (χ0v) is 59.0. The van der Waals surface area contributed by atoms with Gasteiger partial charge >= 0.3 is 39.5 Å². The second kappa shape index (κ2) is 60.0. The van der Waals surface area contributed by atoms with Crippen LogP contribution in [0.25, 0.3) is 0 Å². The van der Waals surface area contributed by atoms with Crippen molar-refractivity contribution >= 4 is 39.5 Å². The van der Waals surface area contributed by atoms with Crippen molar-refractivity contribution in [2.75, 3.05) is 39.6 Å². The maximum atomic E-state index is 13.0. The molecule has 0 aromatic heterocycles. The molecule has 88 heavy (non-hydrogen) atoms. The van der Waals surface area contributed by atoms with E-state index in [2.05, 4.69) is 48.5 Å². The first-order valence-corrected chi connectivity index (χ1v) is 38.9. The van der Waals surface area contributed by atoms with E-state index in [4.69, 9.17) is 37.0 Å². The minimum absolute atomic E-state index is 0.106. The maximum Gasteiger partial charge on any atom is 0.472 e. The fourth-order valence-electron chi connectivity index (χ4n) is 10.3. The minimum Gasteiger partial charge on any atom is -0.462 e. The summed E-state index contributed by atoms with van der Waals surface area (Å²) in [5.74, 6) is 0.113. The Morgan fingerprint density at radius 2 is 0.580 bits per heavy atom. The summed E-state index contributed by atoms with van der Waals surface area (Å²) in [7, 11) is -9.90. The van der Waals surface area contributed by atoms with Gasteiger partial charge in [0.25, 0.3) is 0 Å². The number of rotatable bonds is 67. The van der Waals surface area contributed by atoms with Gasteiger partial charge in [-0.1, -0.05) is 292 Å². The third kappa shape index (κ3) is 61.6. The molecule has 19 heteroatoms. The number of ether oxygens (including phenoxy) is 4. The molecule has 0 aliphatic heterocycles. The Balaban J connectivity index is 5.26. The third-order valence-corrected chi connectivity index (χ3v) is 18.1. The quantitative estimate of drug-likeness (QED) is 0.0222. The van der Waals surface area contributed by atoms with E-state index >= 15 is 0 Å². The Labute approximate surface area is 537 Å². The SMILES string of the molecule is CCCCCCCCCCCCCCC(=O)O[C@H](COC(=O)CCCCCCCCC(C)C)COP(=O)(O)OC[C@H](O)COP(=O)(O)OC[C@@H](COC(=O)CCCCCCCCCCCCC(C)C)OC(=O)CCCCCCCCCCCCC(C)CC. The van der Waals surface area contributed by atoms with Crippen molar-refractivity contribution in [3.63, 3.8) is 0 Å². The van der Waals surface area contributed by atoms with Gasteiger partial charge in [0.05, 0.1) is 26.4 Å².